The topological polar surface area (TPSA) is 62.7 Å². The molecule has 1 aromatic heterocycles. The molecule has 1 aliphatic heterocycles. The molecule has 140 valence electrons. The number of amides is 1. The summed E-state index contributed by atoms with van der Waals surface area (Å²) < 4.78 is 44.0. The summed E-state index contributed by atoms with van der Waals surface area (Å²) in [6.45, 7) is 5.37. The lowest BCUT2D eigenvalue weighted by Crippen LogP contribution is -2.47. The molecule has 2 heterocycles. The smallest absolute Gasteiger partial charge is 0.416 e. The number of carbonyl (C=O) groups is 1. The maximum atomic E-state index is 12.9. The summed E-state index contributed by atoms with van der Waals surface area (Å²) in [5, 5.41) is 10.0. The van der Waals surface area contributed by atoms with Crippen LogP contribution in [0.2, 0.25) is 5.15 Å². The molecule has 1 amide bonds. The molecule has 0 bridgehead atoms. The highest BCUT2D eigenvalue weighted by Gasteiger charge is 2.36. The maximum Gasteiger partial charge on any atom is 0.416 e. The van der Waals surface area contributed by atoms with E-state index in [1.165, 1.54) is 4.90 Å². The van der Waals surface area contributed by atoms with Gasteiger partial charge in [-0.2, -0.15) is 13.2 Å². The van der Waals surface area contributed by atoms with E-state index >= 15 is 0 Å². The lowest BCUT2D eigenvalue weighted by atomic mass is 9.90. The van der Waals surface area contributed by atoms with Crippen molar-refractivity contribution in [1.82, 2.24) is 9.88 Å². The zero-order valence-electron chi connectivity index (χ0n) is 14.1. The molecule has 25 heavy (non-hydrogen) atoms. The molecule has 1 aromatic rings. The Morgan fingerprint density at radius 1 is 1.36 bits per heavy atom. The minimum Gasteiger partial charge on any atom is -0.444 e. The van der Waals surface area contributed by atoms with Crippen molar-refractivity contribution in [2.75, 3.05) is 13.1 Å². The fraction of sp³-hybridized carbons (Fsp3) is 0.625. The van der Waals surface area contributed by atoms with Crippen LogP contribution in [0.15, 0.2) is 12.1 Å². The van der Waals surface area contributed by atoms with Crippen LogP contribution in [0.4, 0.5) is 18.0 Å². The van der Waals surface area contributed by atoms with Gasteiger partial charge in [-0.3, -0.25) is 0 Å². The highest BCUT2D eigenvalue weighted by atomic mass is 35.5. The average molecular weight is 381 g/mol. The third kappa shape index (κ3) is 5.22. The van der Waals surface area contributed by atoms with E-state index in [1.807, 2.05) is 0 Å². The van der Waals surface area contributed by atoms with Gasteiger partial charge in [0.25, 0.3) is 0 Å². The Labute approximate surface area is 148 Å². The van der Waals surface area contributed by atoms with E-state index in [0.717, 1.165) is 12.1 Å². The first kappa shape index (κ1) is 19.8. The second kappa shape index (κ2) is 6.99. The predicted molar refractivity (Wildman–Crippen MR) is 85.4 cm³/mol. The van der Waals surface area contributed by atoms with Gasteiger partial charge in [0, 0.05) is 18.2 Å². The fourth-order valence-electron chi connectivity index (χ4n) is 2.64. The number of aliphatic hydroxyl groups excluding tert-OH is 1. The van der Waals surface area contributed by atoms with Crippen LogP contribution in [-0.4, -0.2) is 45.9 Å². The lowest BCUT2D eigenvalue weighted by molar-refractivity contribution is -0.137. The molecule has 5 nitrogen and oxygen atoms in total. The Morgan fingerprint density at radius 2 is 2.00 bits per heavy atom. The molecule has 9 heteroatoms. The number of alkyl halides is 3. The first-order valence-corrected chi connectivity index (χ1v) is 8.15. The zero-order valence-corrected chi connectivity index (χ0v) is 14.9. The first-order valence-electron chi connectivity index (χ1n) is 7.77. The highest BCUT2D eigenvalue weighted by Crippen LogP contribution is 2.35. The molecule has 1 fully saturated rings. The van der Waals surface area contributed by atoms with Crippen LogP contribution in [0.1, 0.15) is 44.4 Å². The minimum absolute atomic E-state index is 0.0465. The van der Waals surface area contributed by atoms with Crippen molar-refractivity contribution in [2.24, 2.45) is 0 Å². The second-order valence-electron chi connectivity index (χ2n) is 6.99. The number of halogens is 4. The Kier molecular flexibility index (Phi) is 5.53. The molecule has 1 aliphatic rings. The number of pyridine rings is 1. The predicted octanol–water partition coefficient (Wildman–Crippen LogP) is 3.84. The Bertz CT molecular complexity index is 646. The second-order valence-corrected chi connectivity index (χ2v) is 7.38. The van der Waals surface area contributed by atoms with Crippen molar-refractivity contribution in [3.8, 4) is 0 Å². The molecule has 0 radical (unpaired) electrons. The van der Waals surface area contributed by atoms with Crippen LogP contribution in [0.25, 0.3) is 0 Å². The van der Waals surface area contributed by atoms with Crippen LogP contribution < -0.4 is 0 Å². The van der Waals surface area contributed by atoms with E-state index in [9.17, 15) is 23.1 Å². The van der Waals surface area contributed by atoms with Gasteiger partial charge in [0.05, 0.1) is 18.2 Å². The summed E-state index contributed by atoms with van der Waals surface area (Å²) in [5.74, 6) is -0.640. The number of hydrogen-bond acceptors (Lipinski definition) is 4. The van der Waals surface area contributed by atoms with E-state index in [-0.39, 0.29) is 30.4 Å². The van der Waals surface area contributed by atoms with Crippen LogP contribution in [-0.2, 0) is 10.9 Å². The number of hydrogen-bond donors (Lipinski definition) is 1. The maximum absolute atomic E-state index is 12.9. The zero-order chi connectivity index (χ0) is 19.0. The molecular formula is C16H20ClF3N2O3. The number of piperidine rings is 1. The van der Waals surface area contributed by atoms with Gasteiger partial charge in [0.15, 0.2) is 0 Å². The molecule has 2 atom stereocenters. The van der Waals surface area contributed by atoms with Crippen molar-refractivity contribution in [2.45, 2.75) is 51.0 Å². The number of likely N-dealkylation sites (tertiary alicyclic amines) is 1. The van der Waals surface area contributed by atoms with E-state index in [0.29, 0.717) is 0 Å². The van der Waals surface area contributed by atoms with Crippen molar-refractivity contribution >= 4 is 17.7 Å². The van der Waals surface area contributed by atoms with Gasteiger partial charge in [-0.05, 0) is 39.3 Å². The van der Waals surface area contributed by atoms with Crippen LogP contribution in [0.5, 0.6) is 0 Å². The highest BCUT2D eigenvalue weighted by molar-refractivity contribution is 6.29. The summed E-state index contributed by atoms with van der Waals surface area (Å²) in [6.07, 6.45) is -5.93. The van der Waals surface area contributed by atoms with E-state index in [1.54, 1.807) is 20.8 Å². The van der Waals surface area contributed by atoms with Gasteiger partial charge in [0.1, 0.15) is 10.8 Å². The number of rotatable bonds is 1. The van der Waals surface area contributed by atoms with Gasteiger partial charge >= 0.3 is 12.3 Å². The van der Waals surface area contributed by atoms with Crippen LogP contribution >= 0.6 is 11.6 Å². The van der Waals surface area contributed by atoms with E-state index in [2.05, 4.69) is 4.98 Å². The molecule has 0 aromatic carbocycles. The van der Waals surface area contributed by atoms with Crippen molar-refractivity contribution < 1.29 is 27.8 Å². The van der Waals surface area contributed by atoms with Gasteiger partial charge in [0.2, 0.25) is 0 Å². The van der Waals surface area contributed by atoms with E-state index < -0.39 is 35.5 Å². The van der Waals surface area contributed by atoms with Crippen molar-refractivity contribution in [3.63, 3.8) is 0 Å². The summed E-state index contributed by atoms with van der Waals surface area (Å²) in [5.41, 5.74) is -1.52. The Hall–Kier alpha value is -1.54. The molecule has 2 unspecified atom stereocenters. The fourth-order valence-corrected chi connectivity index (χ4v) is 2.85. The monoisotopic (exact) mass is 380 g/mol. The van der Waals surface area contributed by atoms with Crippen molar-refractivity contribution in [3.05, 3.63) is 28.5 Å². The van der Waals surface area contributed by atoms with Gasteiger partial charge in [-0.15, -0.1) is 0 Å². The third-order valence-electron chi connectivity index (χ3n) is 3.75. The molecule has 2 rings (SSSR count). The molecule has 0 saturated carbocycles. The molecule has 0 spiro atoms. The molecule has 0 aliphatic carbocycles. The SMILES string of the molecule is CC(C)(C)OC(=O)N1CCC(c2cc(C(F)(F)F)cc(Cl)n2)C(O)C1. The Balaban J connectivity index is 2.14. The van der Waals surface area contributed by atoms with Gasteiger partial charge in [-0.1, -0.05) is 11.6 Å². The van der Waals surface area contributed by atoms with Gasteiger partial charge < -0.3 is 14.7 Å². The number of ether oxygens (including phenoxy) is 1. The summed E-state index contributed by atoms with van der Waals surface area (Å²) in [6, 6.07) is 1.64. The summed E-state index contributed by atoms with van der Waals surface area (Å²) >= 11 is 5.70. The number of carbonyl (C=O) groups excluding carboxylic acids is 1. The number of aromatic nitrogens is 1. The lowest BCUT2D eigenvalue weighted by Gasteiger charge is -2.36. The molecule has 1 N–H and O–H groups in total. The van der Waals surface area contributed by atoms with Crippen LogP contribution in [0.3, 0.4) is 0 Å². The summed E-state index contributed by atoms with van der Waals surface area (Å²) in [4.78, 5) is 17.3. The number of aliphatic hydroxyl groups is 1. The normalized spacial score (nSPS) is 22.0. The van der Waals surface area contributed by atoms with E-state index in [4.69, 9.17) is 16.3 Å². The standard InChI is InChI=1S/C16H20ClF3N2O3/c1-15(2,3)25-14(24)22-5-4-10(12(23)8-22)11-6-9(16(18,19)20)7-13(17)21-11/h6-7,10,12,23H,4-5,8H2,1-3H3. The number of nitrogens with zero attached hydrogens (tertiary/aromatic N) is 2. The Morgan fingerprint density at radius 3 is 2.52 bits per heavy atom. The average Bonchev–Trinajstić information content (AvgIpc) is 2.43. The summed E-state index contributed by atoms with van der Waals surface area (Å²) in [7, 11) is 0. The quantitative estimate of drug-likeness (QED) is 0.752. The van der Waals surface area contributed by atoms with Gasteiger partial charge in [-0.25, -0.2) is 9.78 Å². The third-order valence-corrected chi connectivity index (χ3v) is 3.95. The van der Waals surface area contributed by atoms with Crippen LogP contribution in [0, 0.1) is 0 Å². The molecule has 1 saturated heterocycles. The minimum atomic E-state index is -4.55. The van der Waals surface area contributed by atoms with Crippen molar-refractivity contribution in [1.29, 1.82) is 0 Å². The number of β-amino-alcohol motifs (C(OH)–C–C–N with tert-alkyl or cyclic N) is 1. The molecular weight excluding hydrogens is 361 g/mol. The largest absolute Gasteiger partial charge is 0.444 e. The first-order chi connectivity index (χ1) is 11.4.